The summed E-state index contributed by atoms with van der Waals surface area (Å²) < 4.78 is 39.7. The second-order valence-electron chi connectivity index (χ2n) is 6.15. The fraction of sp³-hybridized carbons (Fsp3) is 0.353. The van der Waals surface area contributed by atoms with Crippen LogP contribution in [-0.4, -0.2) is 29.2 Å². The van der Waals surface area contributed by atoms with E-state index < -0.39 is 29.0 Å². The number of carbonyl (C=O) groups excluding carboxylic acids is 1. The first-order valence-corrected chi connectivity index (χ1v) is 7.99. The van der Waals surface area contributed by atoms with E-state index in [1.807, 2.05) is 0 Å². The normalized spacial score (nSPS) is 17.4. The summed E-state index contributed by atoms with van der Waals surface area (Å²) in [6, 6.07) is 4.82. The van der Waals surface area contributed by atoms with E-state index in [2.05, 4.69) is 27.3 Å². The Morgan fingerprint density at radius 2 is 1.96 bits per heavy atom. The first-order chi connectivity index (χ1) is 12.0. The van der Waals surface area contributed by atoms with Gasteiger partial charge in [0.15, 0.2) is 29.0 Å². The van der Waals surface area contributed by atoms with Crippen molar-refractivity contribution in [3.8, 4) is 0 Å². The number of piperidine rings is 1. The summed E-state index contributed by atoms with van der Waals surface area (Å²) in [5.41, 5.74) is -0.502. The van der Waals surface area contributed by atoms with E-state index in [0.717, 1.165) is 31.6 Å². The van der Waals surface area contributed by atoms with Crippen molar-refractivity contribution in [2.45, 2.75) is 19.8 Å². The minimum atomic E-state index is -1.64. The Kier molecular flexibility index (Phi) is 4.87. The van der Waals surface area contributed by atoms with E-state index in [4.69, 9.17) is 0 Å². The quantitative estimate of drug-likeness (QED) is 0.862. The molecule has 1 fully saturated rings. The largest absolute Gasteiger partial charge is 0.355 e. The van der Waals surface area contributed by atoms with Crippen molar-refractivity contribution >= 4 is 17.4 Å². The predicted molar refractivity (Wildman–Crippen MR) is 86.9 cm³/mol. The molecule has 1 aromatic carbocycles. The van der Waals surface area contributed by atoms with Gasteiger partial charge in [-0.05, 0) is 43.0 Å². The van der Waals surface area contributed by atoms with E-state index in [0.29, 0.717) is 11.7 Å². The maximum Gasteiger partial charge on any atom is 0.276 e. The number of nitrogens with one attached hydrogen (secondary N) is 1. The number of amides is 1. The van der Waals surface area contributed by atoms with E-state index >= 15 is 0 Å². The summed E-state index contributed by atoms with van der Waals surface area (Å²) in [6.45, 7) is 3.92. The number of anilines is 2. The Bertz CT molecular complexity index is 782. The highest BCUT2D eigenvalue weighted by Gasteiger charge is 2.20. The van der Waals surface area contributed by atoms with Crippen LogP contribution in [0.4, 0.5) is 24.7 Å². The Morgan fingerprint density at radius 1 is 1.16 bits per heavy atom. The molecule has 132 valence electrons. The molecule has 1 amide bonds. The van der Waals surface area contributed by atoms with Gasteiger partial charge >= 0.3 is 0 Å². The summed E-state index contributed by atoms with van der Waals surface area (Å²) in [5, 5.41) is 10.1. The SMILES string of the molecule is CC1CCCN(c2ccc(C(=O)Nc3ccc(F)c(F)c3F)nn2)C1. The lowest BCUT2D eigenvalue weighted by atomic mass is 10.0. The van der Waals surface area contributed by atoms with E-state index in [-0.39, 0.29) is 5.69 Å². The molecule has 1 unspecified atom stereocenters. The zero-order valence-corrected chi connectivity index (χ0v) is 13.6. The molecule has 8 heteroatoms. The zero-order chi connectivity index (χ0) is 18.0. The van der Waals surface area contributed by atoms with Crippen LogP contribution in [0.3, 0.4) is 0 Å². The van der Waals surface area contributed by atoms with Crippen LogP contribution in [-0.2, 0) is 0 Å². The van der Waals surface area contributed by atoms with Gasteiger partial charge in [0, 0.05) is 13.1 Å². The summed E-state index contributed by atoms with van der Waals surface area (Å²) in [7, 11) is 0. The molecular weight excluding hydrogens is 333 g/mol. The minimum Gasteiger partial charge on any atom is -0.355 e. The molecule has 0 saturated carbocycles. The second-order valence-corrected chi connectivity index (χ2v) is 6.15. The van der Waals surface area contributed by atoms with Gasteiger partial charge in [-0.1, -0.05) is 6.92 Å². The van der Waals surface area contributed by atoms with Gasteiger partial charge in [-0.3, -0.25) is 4.79 Å². The number of carbonyl (C=O) groups is 1. The van der Waals surface area contributed by atoms with Crippen molar-refractivity contribution in [3.05, 3.63) is 47.4 Å². The summed E-state index contributed by atoms with van der Waals surface area (Å²) in [4.78, 5) is 14.2. The molecule has 5 nitrogen and oxygen atoms in total. The molecule has 1 aliphatic rings. The van der Waals surface area contributed by atoms with Crippen LogP contribution >= 0.6 is 0 Å². The molecule has 0 spiro atoms. The molecular formula is C17H17F3N4O. The molecule has 2 aromatic rings. The molecule has 2 heterocycles. The Hall–Kier alpha value is -2.64. The van der Waals surface area contributed by atoms with Crippen LogP contribution < -0.4 is 10.2 Å². The van der Waals surface area contributed by atoms with Crippen molar-refractivity contribution in [2.24, 2.45) is 5.92 Å². The average molecular weight is 350 g/mol. The average Bonchev–Trinajstić information content (AvgIpc) is 2.62. The number of halogens is 3. The van der Waals surface area contributed by atoms with Gasteiger partial charge in [0.2, 0.25) is 0 Å². The lowest BCUT2D eigenvalue weighted by Crippen LogP contribution is -2.35. The van der Waals surface area contributed by atoms with Gasteiger partial charge in [0.05, 0.1) is 5.69 Å². The lowest BCUT2D eigenvalue weighted by Gasteiger charge is -2.31. The van der Waals surface area contributed by atoms with Gasteiger partial charge in [0.25, 0.3) is 5.91 Å². The highest BCUT2D eigenvalue weighted by Crippen LogP contribution is 2.22. The number of benzene rings is 1. The van der Waals surface area contributed by atoms with Crippen LogP contribution in [0.5, 0.6) is 0 Å². The van der Waals surface area contributed by atoms with Crippen LogP contribution in [0.25, 0.3) is 0 Å². The standard InChI is InChI=1S/C17H17F3N4O/c1-10-3-2-8-24(9-10)14-7-6-13(22-23-14)17(25)21-12-5-4-11(18)15(19)16(12)20/h4-7,10H,2-3,8-9H2,1H3,(H,21,25). The smallest absolute Gasteiger partial charge is 0.276 e. The number of hydrogen-bond donors (Lipinski definition) is 1. The zero-order valence-electron chi connectivity index (χ0n) is 13.6. The van der Waals surface area contributed by atoms with Crippen LogP contribution in [0.1, 0.15) is 30.3 Å². The highest BCUT2D eigenvalue weighted by atomic mass is 19.2. The van der Waals surface area contributed by atoms with Gasteiger partial charge < -0.3 is 10.2 Å². The topological polar surface area (TPSA) is 58.1 Å². The number of nitrogens with zero attached hydrogens (tertiary/aromatic N) is 3. The molecule has 25 heavy (non-hydrogen) atoms. The molecule has 3 rings (SSSR count). The molecule has 1 atom stereocenters. The first-order valence-electron chi connectivity index (χ1n) is 7.99. The monoisotopic (exact) mass is 350 g/mol. The lowest BCUT2D eigenvalue weighted by molar-refractivity contribution is 0.102. The van der Waals surface area contributed by atoms with E-state index in [1.54, 1.807) is 6.07 Å². The molecule has 1 N–H and O–H groups in total. The third-order valence-corrected chi connectivity index (χ3v) is 4.15. The summed E-state index contributed by atoms with van der Waals surface area (Å²) in [5.74, 6) is -3.94. The molecule has 0 bridgehead atoms. The predicted octanol–water partition coefficient (Wildman–Crippen LogP) is 3.38. The van der Waals surface area contributed by atoms with Gasteiger partial charge in [0.1, 0.15) is 0 Å². The first kappa shape index (κ1) is 17.2. The van der Waals surface area contributed by atoms with Crippen molar-refractivity contribution < 1.29 is 18.0 Å². The van der Waals surface area contributed by atoms with Crippen LogP contribution in [0.2, 0.25) is 0 Å². The number of rotatable bonds is 3. The van der Waals surface area contributed by atoms with Gasteiger partial charge in [-0.25, -0.2) is 13.2 Å². The molecule has 0 radical (unpaired) electrons. The van der Waals surface area contributed by atoms with Crippen LogP contribution in [0.15, 0.2) is 24.3 Å². The summed E-state index contributed by atoms with van der Waals surface area (Å²) >= 11 is 0. The minimum absolute atomic E-state index is 0.0436. The van der Waals surface area contributed by atoms with Crippen molar-refractivity contribution in [1.29, 1.82) is 0 Å². The Morgan fingerprint density at radius 3 is 2.64 bits per heavy atom. The highest BCUT2D eigenvalue weighted by molar-refractivity contribution is 6.02. The fourth-order valence-electron chi connectivity index (χ4n) is 2.82. The van der Waals surface area contributed by atoms with Crippen molar-refractivity contribution in [3.63, 3.8) is 0 Å². The fourth-order valence-corrected chi connectivity index (χ4v) is 2.82. The van der Waals surface area contributed by atoms with E-state index in [9.17, 15) is 18.0 Å². The van der Waals surface area contributed by atoms with Crippen molar-refractivity contribution in [2.75, 3.05) is 23.3 Å². The Labute approximate surface area is 142 Å². The van der Waals surface area contributed by atoms with Gasteiger partial charge in [-0.2, -0.15) is 0 Å². The molecule has 1 aliphatic heterocycles. The third-order valence-electron chi connectivity index (χ3n) is 4.15. The van der Waals surface area contributed by atoms with Gasteiger partial charge in [-0.15, -0.1) is 10.2 Å². The maximum atomic E-state index is 13.6. The van der Waals surface area contributed by atoms with E-state index in [1.165, 1.54) is 12.5 Å². The number of aromatic nitrogens is 2. The molecule has 1 saturated heterocycles. The molecule has 1 aromatic heterocycles. The Balaban J connectivity index is 1.72. The van der Waals surface area contributed by atoms with Crippen LogP contribution in [0, 0.1) is 23.4 Å². The maximum absolute atomic E-state index is 13.6. The number of hydrogen-bond acceptors (Lipinski definition) is 4. The summed E-state index contributed by atoms with van der Waals surface area (Å²) in [6.07, 6.45) is 2.24. The third kappa shape index (κ3) is 3.72. The molecule has 0 aliphatic carbocycles. The second kappa shape index (κ2) is 7.08. The van der Waals surface area contributed by atoms with Crippen molar-refractivity contribution in [1.82, 2.24) is 10.2 Å².